The van der Waals surface area contributed by atoms with Gasteiger partial charge in [-0.3, -0.25) is 0 Å². The summed E-state index contributed by atoms with van der Waals surface area (Å²) >= 11 is 0. The Hall–Kier alpha value is -4.54. The van der Waals surface area contributed by atoms with Crippen molar-refractivity contribution in [1.29, 1.82) is 0 Å². The van der Waals surface area contributed by atoms with Crippen LogP contribution in [-0.4, -0.2) is 47.8 Å². The normalized spacial score (nSPS) is 17.1. The lowest BCUT2D eigenvalue weighted by atomic mass is 9.93. The van der Waals surface area contributed by atoms with Gasteiger partial charge in [0.05, 0.1) is 5.56 Å². The van der Waals surface area contributed by atoms with Crippen LogP contribution in [0.1, 0.15) is 27.6 Å². The van der Waals surface area contributed by atoms with E-state index >= 15 is 0 Å². The van der Waals surface area contributed by atoms with Crippen molar-refractivity contribution in [2.75, 3.05) is 0 Å². The molecular weight excluding hydrogens is 443 g/mol. The summed E-state index contributed by atoms with van der Waals surface area (Å²) in [6, 6.07) is 5.81. The molecule has 3 aromatic carbocycles. The first-order valence-corrected chi connectivity index (χ1v) is 9.44. The molecule has 0 aliphatic carbocycles. The standard InChI is InChI=1S/C22H17FO10/c23-12-1-9(4-14(26)19(12)29)22(31)33-18-7-11-13(25)5-10(24)6-17(11)32-21(18)8-2-15(27)20(30)16(28)3-8/h1-6,18,21,24-30H,7H2/t18-,21+/m1/s1. The quantitative estimate of drug-likeness (QED) is 0.227. The molecule has 1 aliphatic rings. The average Bonchev–Trinajstić information content (AvgIpc) is 2.75. The zero-order valence-electron chi connectivity index (χ0n) is 16.6. The van der Waals surface area contributed by atoms with Gasteiger partial charge in [-0.1, -0.05) is 0 Å². The summed E-state index contributed by atoms with van der Waals surface area (Å²) in [5, 5.41) is 68.3. The van der Waals surface area contributed by atoms with Crippen molar-refractivity contribution in [3.05, 3.63) is 58.9 Å². The first-order chi connectivity index (χ1) is 15.5. The Morgan fingerprint density at radius 1 is 0.848 bits per heavy atom. The van der Waals surface area contributed by atoms with Crippen molar-refractivity contribution in [2.24, 2.45) is 0 Å². The lowest BCUT2D eigenvalue weighted by Crippen LogP contribution is -2.34. The third-order valence-electron chi connectivity index (χ3n) is 5.13. The molecule has 3 aromatic rings. The second-order valence-electron chi connectivity index (χ2n) is 7.36. The van der Waals surface area contributed by atoms with Gasteiger partial charge in [-0.15, -0.1) is 0 Å². The van der Waals surface area contributed by atoms with E-state index in [2.05, 4.69) is 0 Å². The Morgan fingerprint density at radius 2 is 1.48 bits per heavy atom. The maximum atomic E-state index is 13.8. The highest BCUT2D eigenvalue weighted by molar-refractivity contribution is 5.90. The second-order valence-corrected chi connectivity index (χ2v) is 7.36. The Kier molecular flexibility index (Phi) is 5.16. The van der Waals surface area contributed by atoms with E-state index in [-0.39, 0.29) is 34.8 Å². The molecule has 0 spiro atoms. The number of hydrogen-bond donors (Lipinski definition) is 7. The highest BCUT2D eigenvalue weighted by atomic mass is 19.1. The number of rotatable bonds is 3. The van der Waals surface area contributed by atoms with Crippen LogP contribution in [0.15, 0.2) is 36.4 Å². The van der Waals surface area contributed by atoms with Crippen molar-refractivity contribution >= 4 is 5.97 Å². The smallest absolute Gasteiger partial charge is 0.338 e. The molecule has 0 radical (unpaired) electrons. The molecule has 4 rings (SSSR count). The minimum absolute atomic E-state index is 0.0326. The van der Waals surface area contributed by atoms with E-state index in [1.165, 1.54) is 6.07 Å². The summed E-state index contributed by atoms with van der Waals surface area (Å²) in [6.07, 6.45) is -2.59. The Morgan fingerprint density at radius 3 is 2.12 bits per heavy atom. The molecule has 0 saturated heterocycles. The number of fused-ring (bicyclic) bond motifs is 1. The van der Waals surface area contributed by atoms with Crippen LogP contribution in [0, 0.1) is 5.82 Å². The first kappa shape index (κ1) is 21.7. The minimum atomic E-state index is -1.26. The van der Waals surface area contributed by atoms with Gasteiger partial charge in [0.15, 0.2) is 40.7 Å². The molecule has 0 unspecified atom stereocenters. The predicted octanol–water partition coefficient (Wildman–Crippen LogP) is 2.67. The molecule has 0 bridgehead atoms. The van der Waals surface area contributed by atoms with E-state index in [9.17, 15) is 44.9 Å². The molecule has 0 fully saturated rings. The van der Waals surface area contributed by atoms with Gasteiger partial charge in [0.25, 0.3) is 0 Å². The minimum Gasteiger partial charge on any atom is -0.508 e. The molecule has 1 heterocycles. The Balaban J connectivity index is 1.75. The number of benzene rings is 3. The number of aromatic hydroxyl groups is 7. The van der Waals surface area contributed by atoms with Crippen LogP contribution in [0.2, 0.25) is 0 Å². The molecule has 11 heteroatoms. The molecule has 7 N–H and O–H groups in total. The van der Waals surface area contributed by atoms with Gasteiger partial charge in [0, 0.05) is 29.7 Å². The number of phenols is 7. The van der Waals surface area contributed by atoms with E-state index in [0.717, 1.165) is 24.3 Å². The van der Waals surface area contributed by atoms with Crippen molar-refractivity contribution < 1.29 is 54.4 Å². The molecule has 172 valence electrons. The van der Waals surface area contributed by atoms with E-state index in [1.54, 1.807) is 0 Å². The number of carbonyl (C=O) groups excluding carboxylic acids is 1. The topological polar surface area (TPSA) is 177 Å². The van der Waals surface area contributed by atoms with Crippen LogP contribution < -0.4 is 4.74 Å². The van der Waals surface area contributed by atoms with Gasteiger partial charge in [0.1, 0.15) is 23.4 Å². The maximum absolute atomic E-state index is 13.8. The summed E-state index contributed by atoms with van der Waals surface area (Å²) in [5.41, 5.74) is -0.193. The molecule has 1 aliphatic heterocycles. The largest absolute Gasteiger partial charge is 0.508 e. The molecule has 0 saturated carbocycles. The fourth-order valence-electron chi connectivity index (χ4n) is 3.53. The first-order valence-electron chi connectivity index (χ1n) is 9.44. The summed E-state index contributed by atoms with van der Waals surface area (Å²) in [6.45, 7) is 0. The molecule has 0 aromatic heterocycles. The van der Waals surface area contributed by atoms with Gasteiger partial charge >= 0.3 is 5.97 Å². The third-order valence-corrected chi connectivity index (χ3v) is 5.13. The van der Waals surface area contributed by atoms with Crippen molar-refractivity contribution in [1.82, 2.24) is 0 Å². The van der Waals surface area contributed by atoms with E-state index in [1.807, 2.05) is 0 Å². The van der Waals surface area contributed by atoms with Crippen molar-refractivity contribution in [3.8, 4) is 46.0 Å². The highest BCUT2D eigenvalue weighted by Gasteiger charge is 2.37. The molecule has 2 atom stereocenters. The molecule has 33 heavy (non-hydrogen) atoms. The van der Waals surface area contributed by atoms with Gasteiger partial charge < -0.3 is 45.2 Å². The number of phenolic OH excluding ortho intramolecular Hbond substituents is 7. The summed E-state index contributed by atoms with van der Waals surface area (Å²) in [5.74, 6) is -7.09. The lowest BCUT2D eigenvalue weighted by Gasteiger charge is -2.34. The zero-order valence-corrected chi connectivity index (χ0v) is 16.6. The number of hydrogen-bond acceptors (Lipinski definition) is 10. The zero-order chi connectivity index (χ0) is 24.0. The van der Waals surface area contributed by atoms with Gasteiger partial charge in [-0.2, -0.15) is 0 Å². The van der Waals surface area contributed by atoms with Crippen LogP contribution in [0.3, 0.4) is 0 Å². The van der Waals surface area contributed by atoms with Gasteiger partial charge in [0.2, 0.25) is 0 Å². The number of esters is 1. The van der Waals surface area contributed by atoms with Gasteiger partial charge in [-0.25, -0.2) is 9.18 Å². The van der Waals surface area contributed by atoms with Crippen LogP contribution in [0.25, 0.3) is 0 Å². The predicted molar refractivity (Wildman–Crippen MR) is 107 cm³/mol. The highest BCUT2D eigenvalue weighted by Crippen LogP contribution is 2.45. The summed E-state index contributed by atoms with van der Waals surface area (Å²) in [7, 11) is 0. The fourth-order valence-corrected chi connectivity index (χ4v) is 3.53. The number of carbonyl (C=O) groups is 1. The van der Waals surface area contributed by atoms with Crippen LogP contribution >= 0.6 is 0 Å². The lowest BCUT2D eigenvalue weighted by molar-refractivity contribution is -0.0189. The average molecular weight is 460 g/mol. The maximum Gasteiger partial charge on any atom is 0.338 e. The van der Waals surface area contributed by atoms with Crippen LogP contribution in [0.5, 0.6) is 46.0 Å². The SMILES string of the molecule is O=C(O[C@@H]1Cc2c(O)cc(O)cc2O[C@H]1c1cc(O)c(O)c(O)c1)c1cc(O)c(O)c(F)c1. The van der Waals surface area contributed by atoms with Crippen molar-refractivity contribution in [2.45, 2.75) is 18.6 Å². The van der Waals surface area contributed by atoms with E-state index in [0.29, 0.717) is 6.07 Å². The van der Waals surface area contributed by atoms with Crippen LogP contribution in [-0.2, 0) is 11.2 Å². The van der Waals surface area contributed by atoms with E-state index in [4.69, 9.17) is 9.47 Å². The van der Waals surface area contributed by atoms with Gasteiger partial charge in [-0.05, 0) is 24.3 Å². The van der Waals surface area contributed by atoms with Crippen LogP contribution in [0.4, 0.5) is 4.39 Å². The second kappa shape index (κ2) is 7.86. The summed E-state index contributed by atoms with van der Waals surface area (Å²) in [4.78, 5) is 12.7. The molecule has 10 nitrogen and oxygen atoms in total. The fraction of sp³-hybridized carbons (Fsp3) is 0.136. The number of ether oxygens (including phenoxy) is 2. The molecule has 0 amide bonds. The molecular formula is C22H17FO10. The van der Waals surface area contributed by atoms with E-state index < -0.39 is 58.3 Å². The Labute approximate surface area is 184 Å². The summed E-state index contributed by atoms with van der Waals surface area (Å²) < 4.78 is 25.0. The number of halogens is 1. The van der Waals surface area contributed by atoms with Crippen molar-refractivity contribution in [3.63, 3.8) is 0 Å². The third kappa shape index (κ3) is 3.91. The monoisotopic (exact) mass is 460 g/mol. The Bertz CT molecular complexity index is 1230.